The second-order valence-corrected chi connectivity index (χ2v) is 7.72. The number of nitrogens with zero attached hydrogens (tertiary/aromatic N) is 1. The molecule has 1 fully saturated rings. The van der Waals surface area contributed by atoms with Crippen molar-refractivity contribution in [2.45, 2.75) is 25.3 Å². The number of hydrogen-bond acceptors (Lipinski definition) is 3. The van der Waals surface area contributed by atoms with Crippen LogP contribution >= 0.6 is 0 Å². The zero-order valence-corrected chi connectivity index (χ0v) is 12.2. The van der Waals surface area contributed by atoms with E-state index < -0.39 is 9.84 Å². The van der Waals surface area contributed by atoms with Crippen molar-refractivity contribution >= 4 is 9.84 Å². The molecule has 1 aliphatic heterocycles. The van der Waals surface area contributed by atoms with Crippen LogP contribution in [0.3, 0.4) is 0 Å². The summed E-state index contributed by atoms with van der Waals surface area (Å²) in [5.41, 5.74) is 1.13. The first-order chi connectivity index (χ1) is 8.85. The smallest absolute Gasteiger partial charge is 0.148 e. The molecule has 2 atom stereocenters. The summed E-state index contributed by atoms with van der Waals surface area (Å²) in [5.74, 6) is 0.354. The molecule has 1 aromatic rings. The van der Waals surface area contributed by atoms with Gasteiger partial charge in [0.2, 0.25) is 0 Å². The molecule has 1 heterocycles. The number of rotatable bonds is 4. The maximum absolute atomic E-state index is 12.9. The molecule has 0 spiro atoms. The summed E-state index contributed by atoms with van der Waals surface area (Å²) >= 11 is 0. The average molecular weight is 285 g/mol. The molecule has 1 aliphatic rings. The summed E-state index contributed by atoms with van der Waals surface area (Å²) in [6.45, 7) is 3.55. The third-order valence-electron chi connectivity index (χ3n) is 3.79. The van der Waals surface area contributed by atoms with E-state index in [1.54, 1.807) is 0 Å². The van der Waals surface area contributed by atoms with E-state index >= 15 is 0 Å². The van der Waals surface area contributed by atoms with Gasteiger partial charge in [-0.25, -0.2) is 12.8 Å². The molecule has 0 aliphatic carbocycles. The van der Waals surface area contributed by atoms with Crippen molar-refractivity contribution in [3.8, 4) is 0 Å². The second kappa shape index (κ2) is 5.59. The van der Waals surface area contributed by atoms with Gasteiger partial charge in [0.05, 0.1) is 5.75 Å². The van der Waals surface area contributed by atoms with E-state index in [1.165, 1.54) is 18.4 Å². The standard InChI is InChI=1S/C14H20FNO2S/c1-11-9-13(12-3-5-14(15)6-4-12)10-16(11)7-8-19(2,17)18/h3-6,11,13H,7-10H2,1-2H3/t11-,13-/m0/s1. The lowest BCUT2D eigenvalue weighted by Gasteiger charge is -2.20. The van der Waals surface area contributed by atoms with Crippen molar-refractivity contribution in [1.29, 1.82) is 0 Å². The number of halogens is 1. The molecule has 0 aromatic heterocycles. The van der Waals surface area contributed by atoms with E-state index in [1.807, 2.05) is 12.1 Å². The van der Waals surface area contributed by atoms with Crippen LogP contribution in [0.1, 0.15) is 24.8 Å². The Morgan fingerprint density at radius 1 is 1.32 bits per heavy atom. The summed E-state index contributed by atoms with van der Waals surface area (Å²) in [7, 11) is -2.91. The average Bonchev–Trinajstić information content (AvgIpc) is 2.68. The molecule has 3 nitrogen and oxygen atoms in total. The third-order valence-corrected chi connectivity index (χ3v) is 4.72. The fraction of sp³-hybridized carbons (Fsp3) is 0.571. The number of sulfone groups is 1. The van der Waals surface area contributed by atoms with Crippen molar-refractivity contribution < 1.29 is 12.8 Å². The largest absolute Gasteiger partial charge is 0.299 e. The number of likely N-dealkylation sites (tertiary alicyclic amines) is 1. The third kappa shape index (κ3) is 4.01. The SMILES string of the molecule is C[C@H]1C[C@H](c2ccc(F)cc2)CN1CCS(C)(=O)=O. The van der Waals surface area contributed by atoms with Crippen LogP contribution in [0.5, 0.6) is 0 Å². The predicted octanol–water partition coefficient (Wildman–Crippen LogP) is 2.05. The number of hydrogen-bond donors (Lipinski definition) is 0. The fourth-order valence-corrected chi connectivity index (χ4v) is 3.24. The normalized spacial score (nSPS) is 24.8. The first-order valence-corrected chi connectivity index (χ1v) is 8.58. The van der Waals surface area contributed by atoms with Crippen molar-refractivity contribution in [3.63, 3.8) is 0 Å². The highest BCUT2D eigenvalue weighted by atomic mass is 32.2. The van der Waals surface area contributed by atoms with Gasteiger partial charge < -0.3 is 0 Å². The molecule has 1 saturated heterocycles. The fourth-order valence-electron chi connectivity index (χ4n) is 2.67. The van der Waals surface area contributed by atoms with E-state index in [0.29, 0.717) is 18.5 Å². The van der Waals surface area contributed by atoms with Gasteiger partial charge in [-0.15, -0.1) is 0 Å². The van der Waals surface area contributed by atoms with E-state index in [2.05, 4.69) is 11.8 Å². The van der Waals surface area contributed by atoms with E-state index in [0.717, 1.165) is 18.5 Å². The van der Waals surface area contributed by atoms with Crippen LogP contribution in [0.25, 0.3) is 0 Å². The monoisotopic (exact) mass is 285 g/mol. The number of benzene rings is 1. The molecule has 1 aromatic carbocycles. The Bertz CT molecular complexity index is 527. The second-order valence-electron chi connectivity index (χ2n) is 5.46. The maximum atomic E-state index is 12.9. The van der Waals surface area contributed by atoms with Gasteiger partial charge in [-0.05, 0) is 37.0 Å². The van der Waals surface area contributed by atoms with Crippen molar-refractivity contribution in [2.75, 3.05) is 25.1 Å². The lowest BCUT2D eigenvalue weighted by molar-refractivity contribution is 0.283. The van der Waals surface area contributed by atoms with Gasteiger partial charge >= 0.3 is 0 Å². The van der Waals surface area contributed by atoms with Gasteiger partial charge in [-0.2, -0.15) is 0 Å². The first kappa shape index (κ1) is 14.5. The Hall–Kier alpha value is -0.940. The van der Waals surface area contributed by atoms with Crippen molar-refractivity contribution in [3.05, 3.63) is 35.6 Å². The molecule has 2 rings (SSSR count). The zero-order valence-electron chi connectivity index (χ0n) is 11.3. The van der Waals surface area contributed by atoms with Crippen molar-refractivity contribution in [1.82, 2.24) is 4.90 Å². The molecule has 106 valence electrons. The molecule has 0 amide bonds. The molecule has 5 heteroatoms. The van der Waals surface area contributed by atoms with Crippen LogP contribution < -0.4 is 0 Å². The van der Waals surface area contributed by atoms with Crippen LogP contribution in [-0.4, -0.2) is 44.5 Å². The van der Waals surface area contributed by atoms with Gasteiger partial charge in [0.15, 0.2) is 0 Å². The lowest BCUT2D eigenvalue weighted by atomic mass is 9.97. The molecule has 0 bridgehead atoms. The topological polar surface area (TPSA) is 37.4 Å². The minimum absolute atomic E-state index is 0.202. The summed E-state index contributed by atoms with van der Waals surface area (Å²) in [6.07, 6.45) is 2.26. The minimum atomic E-state index is -2.91. The molecule has 19 heavy (non-hydrogen) atoms. The van der Waals surface area contributed by atoms with Gasteiger partial charge in [-0.1, -0.05) is 12.1 Å². The summed E-state index contributed by atoms with van der Waals surface area (Å²) in [6, 6.07) is 6.99. The molecule has 0 saturated carbocycles. The first-order valence-electron chi connectivity index (χ1n) is 6.52. The predicted molar refractivity (Wildman–Crippen MR) is 74.5 cm³/mol. The van der Waals surface area contributed by atoms with Gasteiger partial charge in [-0.3, -0.25) is 4.90 Å². The van der Waals surface area contributed by atoms with Crippen molar-refractivity contribution in [2.24, 2.45) is 0 Å². The molecular weight excluding hydrogens is 265 g/mol. The summed E-state index contributed by atoms with van der Waals surface area (Å²) in [5, 5.41) is 0. The Morgan fingerprint density at radius 3 is 2.53 bits per heavy atom. The van der Waals surface area contributed by atoms with Crippen LogP contribution in [0, 0.1) is 5.82 Å². The maximum Gasteiger partial charge on any atom is 0.148 e. The molecule has 0 radical (unpaired) electrons. The Labute approximate surface area is 114 Å². The molecular formula is C14H20FNO2S. The van der Waals surface area contributed by atoms with Gasteiger partial charge in [0, 0.05) is 25.4 Å². The zero-order chi connectivity index (χ0) is 14.0. The molecule has 0 unspecified atom stereocenters. The summed E-state index contributed by atoms with van der Waals surface area (Å²) < 4.78 is 35.3. The lowest BCUT2D eigenvalue weighted by Crippen LogP contribution is -2.32. The van der Waals surface area contributed by atoms with Crippen LogP contribution in [-0.2, 0) is 9.84 Å². The van der Waals surface area contributed by atoms with E-state index in [9.17, 15) is 12.8 Å². The highest BCUT2D eigenvalue weighted by Gasteiger charge is 2.30. The Morgan fingerprint density at radius 2 is 1.95 bits per heavy atom. The molecule has 0 N–H and O–H groups in total. The van der Waals surface area contributed by atoms with Crippen LogP contribution in [0.4, 0.5) is 4.39 Å². The Balaban J connectivity index is 1.99. The quantitative estimate of drug-likeness (QED) is 0.849. The van der Waals surface area contributed by atoms with Crippen LogP contribution in [0.15, 0.2) is 24.3 Å². The van der Waals surface area contributed by atoms with E-state index in [4.69, 9.17) is 0 Å². The van der Waals surface area contributed by atoms with Gasteiger partial charge in [0.1, 0.15) is 15.7 Å². The van der Waals surface area contributed by atoms with Crippen LogP contribution in [0.2, 0.25) is 0 Å². The highest BCUT2D eigenvalue weighted by Crippen LogP contribution is 2.31. The highest BCUT2D eigenvalue weighted by molar-refractivity contribution is 7.90. The summed E-state index contributed by atoms with van der Waals surface area (Å²) in [4.78, 5) is 2.20. The van der Waals surface area contributed by atoms with E-state index in [-0.39, 0.29) is 11.6 Å². The van der Waals surface area contributed by atoms with Gasteiger partial charge in [0.25, 0.3) is 0 Å². The Kier molecular flexibility index (Phi) is 4.26. The minimum Gasteiger partial charge on any atom is -0.299 e.